The molecule has 0 amide bonds. The molecule has 7 heteroatoms. The third-order valence-electron chi connectivity index (χ3n) is 3.36. The number of benzene rings is 1. The Bertz CT molecular complexity index is 975. The SMILES string of the molecule is CCOC(=O)c1sc2nc(=S)nc(/C=C/c3ccccc3)n2c1C. The molecule has 3 rings (SSSR count). The van der Waals surface area contributed by atoms with E-state index in [2.05, 4.69) is 9.97 Å². The molecule has 0 atom stereocenters. The Balaban J connectivity index is 2.12. The third-order valence-corrected chi connectivity index (χ3v) is 4.67. The van der Waals surface area contributed by atoms with Crippen LogP contribution in [0.1, 0.15) is 33.7 Å². The molecule has 5 nitrogen and oxygen atoms in total. The van der Waals surface area contributed by atoms with Gasteiger partial charge in [-0.2, -0.15) is 4.98 Å². The number of rotatable bonds is 4. The lowest BCUT2D eigenvalue weighted by Crippen LogP contribution is -2.06. The van der Waals surface area contributed by atoms with E-state index in [0.717, 1.165) is 11.3 Å². The second kappa shape index (κ2) is 7.02. The highest BCUT2D eigenvalue weighted by atomic mass is 32.1. The number of esters is 1. The van der Waals surface area contributed by atoms with E-state index in [1.807, 2.05) is 53.8 Å². The molecular formula is C17H15N3O2S2. The summed E-state index contributed by atoms with van der Waals surface area (Å²) in [5.74, 6) is 0.285. The zero-order chi connectivity index (χ0) is 17.1. The van der Waals surface area contributed by atoms with E-state index < -0.39 is 0 Å². The predicted molar refractivity (Wildman–Crippen MR) is 97.8 cm³/mol. The van der Waals surface area contributed by atoms with Gasteiger partial charge < -0.3 is 4.74 Å². The molecular weight excluding hydrogens is 342 g/mol. The van der Waals surface area contributed by atoms with Gasteiger partial charge in [0, 0.05) is 5.69 Å². The minimum atomic E-state index is -0.352. The lowest BCUT2D eigenvalue weighted by Gasteiger charge is -2.02. The summed E-state index contributed by atoms with van der Waals surface area (Å²) in [5.41, 5.74) is 1.80. The molecule has 1 aromatic carbocycles. The van der Waals surface area contributed by atoms with E-state index in [0.29, 0.717) is 22.3 Å². The average Bonchev–Trinajstić information content (AvgIpc) is 2.90. The van der Waals surface area contributed by atoms with E-state index in [1.54, 1.807) is 6.92 Å². The molecule has 0 saturated heterocycles. The summed E-state index contributed by atoms with van der Waals surface area (Å²) in [6.45, 7) is 3.96. The van der Waals surface area contributed by atoms with E-state index in [9.17, 15) is 4.79 Å². The van der Waals surface area contributed by atoms with Crippen LogP contribution in [0.5, 0.6) is 0 Å². The summed E-state index contributed by atoms with van der Waals surface area (Å²) in [7, 11) is 0. The number of carbonyl (C=O) groups excluding carboxylic acids is 1. The van der Waals surface area contributed by atoms with E-state index in [4.69, 9.17) is 17.0 Å². The van der Waals surface area contributed by atoms with Gasteiger partial charge >= 0.3 is 5.97 Å². The van der Waals surface area contributed by atoms with Crippen LogP contribution in [0.2, 0.25) is 0 Å². The number of thiazole rings is 1. The van der Waals surface area contributed by atoms with Gasteiger partial charge in [-0.1, -0.05) is 47.7 Å². The lowest BCUT2D eigenvalue weighted by atomic mass is 10.2. The van der Waals surface area contributed by atoms with Crippen LogP contribution >= 0.6 is 23.6 Å². The fourth-order valence-corrected chi connectivity index (χ4v) is 3.54. The topological polar surface area (TPSA) is 56.5 Å². The molecule has 0 unspecified atom stereocenters. The van der Waals surface area contributed by atoms with Crippen molar-refractivity contribution in [1.29, 1.82) is 0 Å². The molecule has 0 N–H and O–H groups in total. The Labute approximate surface area is 148 Å². The number of hydrogen-bond acceptors (Lipinski definition) is 6. The minimum absolute atomic E-state index is 0.249. The molecule has 0 aliphatic rings. The molecule has 2 aromatic heterocycles. The van der Waals surface area contributed by atoms with Crippen molar-refractivity contribution in [2.45, 2.75) is 13.8 Å². The molecule has 24 heavy (non-hydrogen) atoms. The number of nitrogens with zero attached hydrogens (tertiary/aromatic N) is 3. The summed E-state index contributed by atoms with van der Waals surface area (Å²) >= 11 is 6.41. The van der Waals surface area contributed by atoms with Gasteiger partial charge in [-0.15, -0.1) is 0 Å². The quantitative estimate of drug-likeness (QED) is 0.518. The molecule has 0 fully saturated rings. The Morgan fingerprint density at radius 3 is 2.75 bits per heavy atom. The summed E-state index contributed by atoms with van der Waals surface area (Å²) in [6, 6.07) is 9.90. The summed E-state index contributed by atoms with van der Waals surface area (Å²) in [4.78, 5) is 21.8. The second-order valence-electron chi connectivity index (χ2n) is 4.96. The highest BCUT2D eigenvalue weighted by Gasteiger charge is 2.18. The zero-order valence-corrected chi connectivity index (χ0v) is 14.9. The molecule has 0 bridgehead atoms. The van der Waals surface area contributed by atoms with Gasteiger partial charge in [0.25, 0.3) is 0 Å². The van der Waals surface area contributed by atoms with Crippen molar-refractivity contribution < 1.29 is 9.53 Å². The molecule has 3 aromatic rings. The van der Waals surface area contributed by atoms with Crippen LogP contribution in [0.25, 0.3) is 17.1 Å². The number of hydrogen-bond donors (Lipinski definition) is 0. The van der Waals surface area contributed by atoms with Gasteiger partial charge in [-0.05, 0) is 37.7 Å². The Kier molecular flexibility index (Phi) is 4.82. The first-order chi connectivity index (χ1) is 11.6. The summed E-state index contributed by atoms with van der Waals surface area (Å²) in [6.07, 6.45) is 3.82. The number of fused-ring (bicyclic) bond motifs is 1. The maximum Gasteiger partial charge on any atom is 0.350 e. The van der Waals surface area contributed by atoms with Crippen LogP contribution in [0.4, 0.5) is 0 Å². The minimum Gasteiger partial charge on any atom is -0.462 e. The molecule has 0 saturated carbocycles. The lowest BCUT2D eigenvalue weighted by molar-refractivity contribution is 0.0531. The molecule has 0 spiro atoms. The third kappa shape index (κ3) is 3.27. The Hall–Kier alpha value is -2.38. The number of aryl methyl sites for hydroxylation is 1. The fraction of sp³-hybridized carbons (Fsp3) is 0.176. The number of ether oxygens (including phenoxy) is 1. The van der Waals surface area contributed by atoms with Gasteiger partial charge in [0.2, 0.25) is 4.77 Å². The van der Waals surface area contributed by atoms with E-state index >= 15 is 0 Å². The molecule has 2 heterocycles. The van der Waals surface area contributed by atoms with Crippen LogP contribution in [-0.4, -0.2) is 26.9 Å². The molecule has 0 aliphatic carbocycles. The maximum atomic E-state index is 12.1. The second-order valence-corrected chi connectivity index (χ2v) is 6.31. The van der Waals surface area contributed by atoms with Crippen LogP contribution in [0, 0.1) is 11.7 Å². The number of aromatic nitrogens is 3. The first kappa shape index (κ1) is 16.5. The predicted octanol–water partition coefficient (Wildman–Crippen LogP) is 4.18. The maximum absolute atomic E-state index is 12.1. The highest BCUT2D eigenvalue weighted by Crippen LogP contribution is 2.24. The van der Waals surface area contributed by atoms with Crippen LogP contribution in [-0.2, 0) is 4.74 Å². The molecule has 0 radical (unpaired) electrons. The van der Waals surface area contributed by atoms with E-state index in [-0.39, 0.29) is 10.7 Å². The monoisotopic (exact) mass is 357 g/mol. The van der Waals surface area contributed by atoms with Crippen molar-refractivity contribution in [2.75, 3.05) is 6.61 Å². The summed E-state index contributed by atoms with van der Waals surface area (Å²) < 4.78 is 7.18. The van der Waals surface area contributed by atoms with Crippen molar-refractivity contribution in [1.82, 2.24) is 14.4 Å². The first-order valence-electron chi connectivity index (χ1n) is 7.40. The smallest absolute Gasteiger partial charge is 0.350 e. The summed E-state index contributed by atoms with van der Waals surface area (Å²) in [5, 5.41) is 0. The van der Waals surface area contributed by atoms with Gasteiger partial charge in [-0.3, -0.25) is 4.40 Å². The van der Waals surface area contributed by atoms with Crippen molar-refractivity contribution in [3.05, 3.63) is 57.1 Å². The van der Waals surface area contributed by atoms with Crippen LogP contribution in [0.3, 0.4) is 0 Å². The normalized spacial score (nSPS) is 11.2. The average molecular weight is 357 g/mol. The van der Waals surface area contributed by atoms with Gasteiger partial charge in [0.1, 0.15) is 10.7 Å². The Morgan fingerprint density at radius 2 is 2.04 bits per heavy atom. The zero-order valence-electron chi connectivity index (χ0n) is 13.2. The highest BCUT2D eigenvalue weighted by molar-refractivity contribution is 7.71. The van der Waals surface area contributed by atoms with Crippen LogP contribution < -0.4 is 0 Å². The molecule has 122 valence electrons. The van der Waals surface area contributed by atoms with Gasteiger partial charge in [-0.25, -0.2) is 9.78 Å². The first-order valence-corrected chi connectivity index (χ1v) is 8.63. The van der Waals surface area contributed by atoms with Crippen molar-refractivity contribution in [3.63, 3.8) is 0 Å². The van der Waals surface area contributed by atoms with Crippen molar-refractivity contribution in [2.24, 2.45) is 0 Å². The standard InChI is InChI=1S/C17H15N3O2S2/c1-3-22-15(21)14-11(2)20-13(18-16(23)19-17(20)24-14)10-9-12-7-5-4-6-8-12/h4-10H,3H2,1-2H3/b10-9+. The Morgan fingerprint density at radius 1 is 1.29 bits per heavy atom. The van der Waals surface area contributed by atoms with Crippen molar-refractivity contribution in [3.8, 4) is 0 Å². The fourth-order valence-electron chi connectivity index (χ4n) is 2.29. The largest absolute Gasteiger partial charge is 0.462 e. The van der Waals surface area contributed by atoms with Gasteiger partial charge in [0.15, 0.2) is 4.96 Å². The van der Waals surface area contributed by atoms with Gasteiger partial charge in [0.05, 0.1) is 6.61 Å². The van der Waals surface area contributed by atoms with Crippen molar-refractivity contribution >= 4 is 46.6 Å². The van der Waals surface area contributed by atoms with Crippen LogP contribution in [0.15, 0.2) is 30.3 Å². The number of carbonyl (C=O) groups is 1. The molecule has 0 aliphatic heterocycles. The van der Waals surface area contributed by atoms with E-state index in [1.165, 1.54) is 11.3 Å².